The van der Waals surface area contributed by atoms with Crippen molar-refractivity contribution >= 4 is 23.7 Å². The Morgan fingerprint density at radius 2 is 0.719 bits per heavy atom. The number of nitriles is 1. The Balaban J connectivity index is 1.31. The van der Waals surface area contributed by atoms with Crippen molar-refractivity contribution in [2.45, 2.75) is 20.8 Å². The average Bonchev–Trinajstić information content (AvgIpc) is 3.30. The van der Waals surface area contributed by atoms with Crippen LogP contribution in [-0.4, -0.2) is 103 Å². The number of rotatable bonds is 26. The molecule has 0 N–H and O–H groups in total. The predicted octanol–water partition coefficient (Wildman–Crippen LogP) is 7.67. The van der Waals surface area contributed by atoms with Gasteiger partial charge in [-0.25, -0.2) is 0 Å². The standard InChI is InChI=1S/C50H51NO13/c1-35(52)59-26-20-56-23-29-62-47-32-46(33-48(63-30-24-57-21-27-60-36(2)53)50(47)64-31-25-58-22-28-61-37(3)54)49(55)45-18-16-44(17-19-45)43-14-12-42(13-15-43)41-10-8-40(9-11-41)39-6-4-38(34-51)5-7-39/h4-19,32-33H,20-31H2,1-3H3. The lowest BCUT2D eigenvalue weighted by molar-refractivity contribution is -0.143. The highest BCUT2D eigenvalue weighted by Gasteiger charge is 2.21. The molecule has 5 aromatic rings. The van der Waals surface area contributed by atoms with Gasteiger partial charge in [-0.3, -0.25) is 19.2 Å². The molecule has 0 saturated heterocycles. The zero-order valence-corrected chi connectivity index (χ0v) is 36.1. The Kier molecular flexibility index (Phi) is 19.3. The molecule has 0 radical (unpaired) electrons. The molecule has 0 fully saturated rings. The smallest absolute Gasteiger partial charge is 0.302 e. The quantitative estimate of drug-likeness (QED) is 0.0229. The lowest BCUT2D eigenvalue weighted by Gasteiger charge is -2.19. The van der Waals surface area contributed by atoms with Gasteiger partial charge in [0, 0.05) is 31.9 Å². The third kappa shape index (κ3) is 15.7. The molecule has 0 atom stereocenters. The second-order valence-electron chi connectivity index (χ2n) is 14.0. The van der Waals surface area contributed by atoms with E-state index in [0.29, 0.717) is 11.1 Å². The molecule has 0 aliphatic heterocycles. The van der Waals surface area contributed by atoms with Crippen LogP contribution in [0.2, 0.25) is 0 Å². The summed E-state index contributed by atoms with van der Waals surface area (Å²) in [6.07, 6.45) is 0. The van der Waals surface area contributed by atoms with Crippen molar-refractivity contribution in [1.82, 2.24) is 0 Å². The van der Waals surface area contributed by atoms with E-state index in [1.54, 1.807) is 24.3 Å². The zero-order chi connectivity index (χ0) is 45.5. The van der Waals surface area contributed by atoms with Crippen LogP contribution in [0, 0.1) is 11.3 Å². The second-order valence-corrected chi connectivity index (χ2v) is 14.0. The van der Waals surface area contributed by atoms with Crippen molar-refractivity contribution in [2.75, 3.05) is 79.3 Å². The summed E-state index contributed by atoms with van der Waals surface area (Å²) in [5.74, 6) is -0.902. The van der Waals surface area contributed by atoms with Gasteiger partial charge in [-0.05, 0) is 57.6 Å². The maximum atomic E-state index is 14.1. The first-order valence-corrected chi connectivity index (χ1v) is 20.7. The molecule has 0 aromatic heterocycles. The number of hydrogen-bond donors (Lipinski definition) is 0. The van der Waals surface area contributed by atoms with Gasteiger partial charge in [0.1, 0.15) is 39.6 Å². The minimum atomic E-state index is -0.412. The van der Waals surface area contributed by atoms with Crippen LogP contribution in [0.5, 0.6) is 17.2 Å². The molecule has 5 rings (SSSR count). The number of esters is 3. The van der Waals surface area contributed by atoms with Gasteiger partial charge in [-0.15, -0.1) is 0 Å². The van der Waals surface area contributed by atoms with Crippen LogP contribution in [0.25, 0.3) is 33.4 Å². The molecule has 14 heteroatoms. The number of benzene rings is 5. The van der Waals surface area contributed by atoms with Crippen molar-refractivity contribution in [1.29, 1.82) is 5.26 Å². The SMILES string of the molecule is CC(=O)OCCOCCOc1cc(C(=O)c2ccc(-c3ccc(-c4ccc(-c5ccc(C#N)cc5)cc4)cc3)cc2)cc(OCCOCCOC(C)=O)c1OCCOCCOC(C)=O. The molecule has 0 bridgehead atoms. The molecule has 0 saturated carbocycles. The highest BCUT2D eigenvalue weighted by Crippen LogP contribution is 2.40. The fourth-order valence-electron chi connectivity index (χ4n) is 6.16. The van der Waals surface area contributed by atoms with Gasteiger partial charge in [-0.2, -0.15) is 5.26 Å². The Bertz CT molecular complexity index is 2270. The van der Waals surface area contributed by atoms with Crippen molar-refractivity contribution in [3.05, 3.63) is 126 Å². The van der Waals surface area contributed by atoms with E-state index in [4.69, 9.17) is 47.9 Å². The molecule has 64 heavy (non-hydrogen) atoms. The highest BCUT2D eigenvalue weighted by molar-refractivity contribution is 6.10. The van der Waals surface area contributed by atoms with Gasteiger partial charge < -0.3 is 42.6 Å². The second kappa shape index (κ2) is 25.8. The first kappa shape index (κ1) is 48.0. The first-order chi connectivity index (χ1) is 31.1. The summed E-state index contributed by atoms with van der Waals surface area (Å²) in [6.45, 7) is 5.31. The average molecular weight is 874 g/mol. The largest absolute Gasteiger partial charge is 0.487 e. The molecule has 0 aliphatic rings. The van der Waals surface area contributed by atoms with Crippen LogP contribution in [0.3, 0.4) is 0 Å². The maximum Gasteiger partial charge on any atom is 0.302 e. The Hall–Kier alpha value is -7.05. The van der Waals surface area contributed by atoms with Gasteiger partial charge in [-0.1, -0.05) is 84.9 Å². The zero-order valence-electron chi connectivity index (χ0n) is 36.1. The minimum absolute atomic E-state index is 0.0586. The Morgan fingerprint density at radius 1 is 0.406 bits per heavy atom. The van der Waals surface area contributed by atoms with Gasteiger partial charge in [0.2, 0.25) is 5.75 Å². The van der Waals surface area contributed by atoms with Gasteiger partial charge >= 0.3 is 17.9 Å². The molecule has 0 heterocycles. The number of carbonyl (C=O) groups is 4. The summed E-state index contributed by atoms with van der Waals surface area (Å²) >= 11 is 0. The van der Waals surface area contributed by atoms with Crippen molar-refractivity contribution < 1.29 is 61.8 Å². The van der Waals surface area contributed by atoms with E-state index in [9.17, 15) is 19.2 Å². The monoisotopic (exact) mass is 873 g/mol. The maximum absolute atomic E-state index is 14.1. The number of ketones is 1. The summed E-state index contributed by atoms with van der Waals surface area (Å²) in [4.78, 5) is 47.4. The van der Waals surface area contributed by atoms with Gasteiger partial charge in [0.25, 0.3) is 0 Å². The molecule has 0 aliphatic carbocycles. The molecular weight excluding hydrogens is 823 g/mol. The number of ether oxygens (including phenoxy) is 9. The van der Waals surface area contributed by atoms with Crippen LogP contribution in [-0.2, 0) is 42.8 Å². The Morgan fingerprint density at radius 3 is 1.06 bits per heavy atom. The fraction of sp³-hybridized carbons (Fsp3) is 0.300. The predicted molar refractivity (Wildman–Crippen MR) is 236 cm³/mol. The Labute approximate surface area is 372 Å². The molecule has 0 unspecified atom stereocenters. The number of carbonyl (C=O) groups excluding carboxylic acids is 4. The highest BCUT2D eigenvalue weighted by atomic mass is 16.6. The van der Waals surface area contributed by atoms with Crippen molar-refractivity contribution in [3.63, 3.8) is 0 Å². The van der Waals surface area contributed by atoms with Crippen molar-refractivity contribution in [3.8, 4) is 56.7 Å². The van der Waals surface area contributed by atoms with Crippen LogP contribution in [0.1, 0.15) is 42.3 Å². The fourth-order valence-corrected chi connectivity index (χ4v) is 6.16. The summed E-state index contributed by atoms with van der Waals surface area (Å²) in [6, 6.07) is 36.6. The topological polar surface area (TPSA) is 175 Å². The number of hydrogen-bond acceptors (Lipinski definition) is 14. The summed E-state index contributed by atoms with van der Waals surface area (Å²) in [5, 5.41) is 9.10. The lowest BCUT2D eigenvalue weighted by atomic mass is 9.96. The summed E-state index contributed by atoms with van der Waals surface area (Å²) in [5.41, 5.74) is 7.44. The third-order valence-corrected chi connectivity index (χ3v) is 9.26. The molecular formula is C50H51NO13. The van der Waals surface area contributed by atoms with E-state index in [1.165, 1.54) is 20.8 Å². The molecule has 334 valence electrons. The third-order valence-electron chi connectivity index (χ3n) is 9.26. The van der Waals surface area contributed by atoms with Crippen LogP contribution in [0.15, 0.2) is 109 Å². The molecule has 0 amide bonds. The molecule has 14 nitrogen and oxygen atoms in total. The van der Waals surface area contributed by atoms with Gasteiger partial charge in [0.05, 0.1) is 51.3 Å². The van der Waals surface area contributed by atoms with E-state index < -0.39 is 17.9 Å². The van der Waals surface area contributed by atoms with E-state index in [2.05, 4.69) is 42.5 Å². The van der Waals surface area contributed by atoms with Gasteiger partial charge in [0.15, 0.2) is 17.3 Å². The summed E-state index contributed by atoms with van der Waals surface area (Å²) < 4.78 is 49.7. The van der Waals surface area contributed by atoms with Crippen molar-refractivity contribution in [2.24, 2.45) is 0 Å². The number of nitrogens with zero attached hydrogens (tertiary/aromatic N) is 1. The van der Waals surface area contributed by atoms with Crippen LogP contribution in [0.4, 0.5) is 0 Å². The van der Waals surface area contributed by atoms with Crippen LogP contribution < -0.4 is 14.2 Å². The first-order valence-electron chi connectivity index (χ1n) is 20.7. The van der Waals surface area contributed by atoms with E-state index in [1.807, 2.05) is 48.5 Å². The minimum Gasteiger partial charge on any atom is -0.487 e. The van der Waals surface area contributed by atoms with E-state index >= 15 is 0 Å². The van der Waals surface area contributed by atoms with E-state index in [0.717, 1.165) is 33.4 Å². The lowest BCUT2D eigenvalue weighted by Crippen LogP contribution is -2.16. The molecule has 0 spiro atoms. The van der Waals surface area contributed by atoms with Crippen LogP contribution >= 0.6 is 0 Å². The summed E-state index contributed by atoms with van der Waals surface area (Å²) in [7, 11) is 0. The van der Waals surface area contributed by atoms with E-state index in [-0.39, 0.29) is 108 Å². The normalized spacial score (nSPS) is 10.7. The molecule has 5 aromatic carbocycles.